The number of phenolic OH excluding ortho intramolecular Hbond substituents is 1. The largest absolute Gasteiger partial charge is 0.505 e. The molecule has 4 aromatic rings. The van der Waals surface area contributed by atoms with Crippen LogP contribution in [0.2, 0.25) is 0 Å². The van der Waals surface area contributed by atoms with E-state index in [1.165, 1.54) is 28.0 Å². The van der Waals surface area contributed by atoms with Crippen LogP contribution in [-0.2, 0) is 11.3 Å². The first-order chi connectivity index (χ1) is 15.5. The molecule has 4 rings (SSSR count). The van der Waals surface area contributed by atoms with E-state index in [1.807, 2.05) is 18.2 Å². The summed E-state index contributed by atoms with van der Waals surface area (Å²) < 4.78 is 14.9. The van der Waals surface area contributed by atoms with Gasteiger partial charge >= 0.3 is 0 Å². The summed E-state index contributed by atoms with van der Waals surface area (Å²) >= 11 is 0. The molecule has 3 N–H and O–H groups in total. The van der Waals surface area contributed by atoms with Gasteiger partial charge in [-0.05, 0) is 30.3 Å². The summed E-state index contributed by atoms with van der Waals surface area (Å²) in [5.41, 5.74) is 7.75. The van der Waals surface area contributed by atoms with Gasteiger partial charge in [0.05, 0.1) is 11.9 Å². The number of carbonyl (C=O) groups is 1. The van der Waals surface area contributed by atoms with E-state index in [0.717, 1.165) is 6.07 Å². The molecule has 0 aliphatic carbocycles. The number of anilines is 2. The van der Waals surface area contributed by atoms with Gasteiger partial charge in [-0.2, -0.15) is 5.10 Å². The molecular formula is C22H18FN7O2. The van der Waals surface area contributed by atoms with Crippen molar-refractivity contribution in [1.29, 1.82) is 0 Å². The van der Waals surface area contributed by atoms with Crippen molar-refractivity contribution < 1.29 is 14.3 Å². The van der Waals surface area contributed by atoms with Gasteiger partial charge < -0.3 is 20.6 Å². The number of hydrogen-bond acceptors (Lipinski definition) is 6. The van der Waals surface area contributed by atoms with Gasteiger partial charge in [-0.25, -0.2) is 25.6 Å². The Labute approximate surface area is 182 Å². The number of nitrogens with two attached hydrogens (primary N) is 1. The molecule has 0 aliphatic rings. The number of amides is 1. The summed E-state index contributed by atoms with van der Waals surface area (Å²) in [4.78, 5) is 26.3. The molecule has 0 bridgehead atoms. The zero-order chi connectivity index (χ0) is 22.7. The number of aromatic nitrogens is 4. The molecule has 160 valence electrons. The molecule has 0 fully saturated rings. The first-order valence-corrected chi connectivity index (χ1v) is 9.64. The van der Waals surface area contributed by atoms with Gasteiger partial charge in [0.15, 0.2) is 17.2 Å². The third-order valence-corrected chi connectivity index (χ3v) is 4.87. The second-order valence-corrected chi connectivity index (χ2v) is 6.89. The van der Waals surface area contributed by atoms with Gasteiger partial charge in [0, 0.05) is 11.3 Å². The number of halogens is 1. The number of hydrogen-bond donors (Lipinski definition) is 2. The number of aromatic hydroxyl groups is 1. The highest BCUT2D eigenvalue weighted by molar-refractivity contribution is 6.00. The minimum Gasteiger partial charge on any atom is -0.505 e. The molecule has 32 heavy (non-hydrogen) atoms. The van der Waals surface area contributed by atoms with E-state index in [4.69, 9.17) is 12.3 Å². The van der Waals surface area contributed by atoms with Crippen molar-refractivity contribution in [3.63, 3.8) is 0 Å². The van der Waals surface area contributed by atoms with Gasteiger partial charge in [-0.3, -0.25) is 4.79 Å². The molecular weight excluding hydrogens is 413 g/mol. The number of rotatable bonds is 6. The Morgan fingerprint density at radius 2 is 2.00 bits per heavy atom. The van der Waals surface area contributed by atoms with E-state index < -0.39 is 11.6 Å². The maximum Gasteiger partial charge on any atom is 0.249 e. The van der Waals surface area contributed by atoms with Crippen LogP contribution in [0.3, 0.4) is 0 Å². The first-order valence-electron chi connectivity index (χ1n) is 9.64. The lowest BCUT2D eigenvalue weighted by atomic mass is 10.1. The molecule has 0 aliphatic heterocycles. The van der Waals surface area contributed by atoms with Crippen LogP contribution in [-0.4, -0.2) is 43.9 Å². The van der Waals surface area contributed by atoms with Crippen molar-refractivity contribution >= 4 is 28.4 Å². The van der Waals surface area contributed by atoms with Gasteiger partial charge in [0.25, 0.3) is 0 Å². The van der Waals surface area contributed by atoms with Crippen LogP contribution in [0.4, 0.5) is 15.9 Å². The van der Waals surface area contributed by atoms with Gasteiger partial charge in [-0.15, -0.1) is 0 Å². The average Bonchev–Trinajstić information content (AvgIpc) is 3.16. The maximum absolute atomic E-state index is 13.5. The maximum atomic E-state index is 13.5. The van der Waals surface area contributed by atoms with Crippen LogP contribution < -0.4 is 10.6 Å². The predicted molar refractivity (Wildman–Crippen MR) is 117 cm³/mol. The molecule has 1 amide bonds. The third kappa shape index (κ3) is 3.91. The van der Waals surface area contributed by atoms with Crippen LogP contribution in [0.15, 0.2) is 54.9 Å². The lowest BCUT2D eigenvalue weighted by Gasteiger charge is -2.20. The molecule has 2 aromatic carbocycles. The van der Waals surface area contributed by atoms with Crippen LogP contribution in [0, 0.1) is 12.4 Å². The standard InChI is InChI=1S/C22H18FN7O2/c1-25-9-10-29(15-5-3-2-4-6-15)18(32)12-30-22-19(21(24)26-13-27-22)20(28-30)14-7-8-16(23)17(31)11-14/h2-8,11,13,31H,9-10,12H2,(H2,24,26,27). The fourth-order valence-corrected chi connectivity index (χ4v) is 3.37. The van der Waals surface area contributed by atoms with Crippen LogP contribution in [0.5, 0.6) is 5.75 Å². The minimum absolute atomic E-state index is 0.139. The molecule has 0 saturated carbocycles. The second-order valence-electron chi connectivity index (χ2n) is 6.89. The van der Waals surface area contributed by atoms with Crippen molar-refractivity contribution in [3.8, 4) is 17.0 Å². The highest BCUT2D eigenvalue weighted by atomic mass is 19.1. The van der Waals surface area contributed by atoms with Gasteiger partial charge in [-0.1, -0.05) is 18.2 Å². The highest BCUT2D eigenvalue weighted by Crippen LogP contribution is 2.32. The van der Waals surface area contributed by atoms with Crippen LogP contribution >= 0.6 is 0 Å². The fourth-order valence-electron chi connectivity index (χ4n) is 3.37. The number of benzene rings is 2. The number of nitrogen functional groups attached to an aromatic ring is 1. The lowest BCUT2D eigenvalue weighted by molar-refractivity contribution is -0.119. The predicted octanol–water partition coefficient (Wildman–Crippen LogP) is 2.87. The number of carbonyl (C=O) groups excluding carboxylic acids is 1. The fraction of sp³-hybridized carbons (Fsp3) is 0.136. The van der Waals surface area contributed by atoms with E-state index in [-0.39, 0.29) is 31.4 Å². The monoisotopic (exact) mass is 431 g/mol. The molecule has 2 aromatic heterocycles. The van der Waals surface area contributed by atoms with E-state index in [2.05, 4.69) is 19.9 Å². The van der Waals surface area contributed by atoms with E-state index in [0.29, 0.717) is 28.0 Å². The Morgan fingerprint density at radius 3 is 2.72 bits per heavy atom. The lowest BCUT2D eigenvalue weighted by Crippen LogP contribution is -2.36. The number of nitrogens with zero attached hydrogens (tertiary/aromatic N) is 6. The van der Waals surface area contributed by atoms with Gasteiger partial charge in [0.2, 0.25) is 12.5 Å². The van der Waals surface area contributed by atoms with Crippen molar-refractivity contribution in [1.82, 2.24) is 19.7 Å². The molecule has 0 saturated heterocycles. The van der Waals surface area contributed by atoms with E-state index >= 15 is 0 Å². The Bertz CT molecular complexity index is 1330. The number of para-hydroxylation sites is 1. The molecule has 10 heteroatoms. The Kier molecular flexibility index (Phi) is 5.63. The Morgan fingerprint density at radius 1 is 1.22 bits per heavy atom. The summed E-state index contributed by atoms with van der Waals surface area (Å²) in [7, 11) is 0. The molecule has 0 spiro atoms. The van der Waals surface area contributed by atoms with Crippen molar-refractivity contribution in [2.45, 2.75) is 6.54 Å². The van der Waals surface area contributed by atoms with Crippen molar-refractivity contribution in [2.24, 2.45) is 0 Å². The first kappa shape index (κ1) is 20.7. The smallest absolute Gasteiger partial charge is 0.249 e. The molecule has 0 radical (unpaired) electrons. The summed E-state index contributed by atoms with van der Waals surface area (Å²) in [6, 6.07) is 12.8. The zero-order valence-corrected chi connectivity index (χ0v) is 16.8. The van der Waals surface area contributed by atoms with E-state index in [9.17, 15) is 14.3 Å². The molecule has 9 nitrogen and oxygen atoms in total. The van der Waals surface area contributed by atoms with Crippen LogP contribution in [0.25, 0.3) is 27.1 Å². The average molecular weight is 431 g/mol. The summed E-state index contributed by atoms with van der Waals surface area (Å²) in [5, 5.41) is 14.6. The van der Waals surface area contributed by atoms with Gasteiger partial charge in [0.1, 0.15) is 24.4 Å². The minimum atomic E-state index is -0.768. The van der Waals surface area contributed by atoms with E-state index in [1.54, 1.807) is 12.1 Å². The quantitative estimate of drug-likeness (QED) is 0.454. The summed E-state index contributed by atoms with van der Waals surface area (Å²) in [6.07, 6.45) is 1.26. The third-order valence-electron chi connectivity index (χ3n) is 4.87. The zero-order valence-electron chi connectivity index (χ0n) is 16.8. The van der Waals surface area contributed by atoms with Crippen molar-refractivity contribution in [2.75, 3.05) is 23.7 Å². The molecule has 0 unspecified atom stereocenters. The molecule has 0 atom stereocenters. The Balaban J connectivity index is 1.76. The summed E-state index contributed by atoms with van der Waals surface area (Å²) in [5.74, 6) is -1.46. The topological polar surface area (TPSA) is 115 Å². The van der Waals surface area contributed by atoms with Crippen LogP contribution in [0.1, 0.15) is 0 Å². The number of fused-ring (bicyclic) bond motifs is 1. The second kappa shape index (κ2) is 8.69. The Hall–Kier alpha value is -4.52. The summed E-state index contributed by atoms with van der Waals surface area (Å²) in [6.45, 7) is 7.27. The van der Waals surface area contributed by atoms with Crippen molar-refractivity contribution in [3.05, 3.63) is 72.1 Å². The molecule has 2 heterocycles. The number of phenols is 1. The highest BCUT2D eigenvalue weighted by Gasteiger charge is 2.22. The SMILES string of the molecule is [C-]#[N+]CCN(C(=O)Cn1nc(-c2ccc(F)c(O)c2)c2c(N)ncnc21)c1ccccc1. The normalized spacial score (nSPS) is 10.8.